The third-order valence-corrected chi connectivity index (χ3v) is 6.65. The SMILES string of the molecule is C[N+](C)(CCOc1ccc(Cl)cc1)Cc1cnc(C(O)(c2ccccc2)C2CCCC2)o1.[Br-]. The van der Waals surface area contributed by atoms with E-state index >= 15 is 0 Å². The molecule has 1 aliphatic rings. The van der Waals surface area contributed by atoms with Crippen LogP contribution in [-0.4, -0.2) is 41.8 Å². The van der Waals surface area contributed by atoms with Gasteiger partial charge in [0.25, 0.3) is 0 Å². The fraction of sp³-hybridized carbons (Fsp3) is 0.423. The van der Waals surface area contributed by atoms with E-state index in [4.69, 9.17) is 20.8 Å². The summed E-state index contributed by atoms with van der Waals surface area (Å²) in [5, 5.41) is 12.6. The lowest BCUT2D eigenvalue weighted by atomic mass is 9.80. The van der Waals surface area contributed by atoms with Crippen LogP contribution in [0.2, 0.25) is 5.02 Å². The Bertz CT molecular complexity index is 1000. The van der Waals surface area contributed by atoms with Gasteiger partial charge in [-0.1, -0.05) is 54.8 Å². The molecule has 0 bridgehead atoms. The van der Waals surface area contributed by atoms with Crippen LogP contribution in [0.25, 0.3) is 0 Å². The lowest BCUT2D eigenvalue weighted by molar-refractivity contribution is -0.904. The zero-order valence-corrected chi connectivity index (χ0v) is 21.6. The second-order valence-corrected chi connectivity index (χ2v) is 9.80. The topological polar surface area (TPSA) is 55.5 Å². The van der Waals surface area contributed by atoms with Crippen LogP contribution in [0.1, 0.15) is 42.9 Å². The average Bonchev–Trinajstić information content (AvgIpc) is 3.48. The van der Waals surface area contributed by atoms with Gasteiger partial charge < -0.3 is 35.7 Å². The summed E-state index contributed by atoms with van der Waals surface area (Å²) in [7, 11) is 4.27. The number of hydrogen-bond donors (Lipinski definition) is 1. The monoisotopic (exact) mass is 534 g/mol. The van der Waals surface area contributed by atoms with E-state index in [1.54, 1.807) is 6.20 Å². The minimum Gasteiger partial charge on any atom is -1.00 e. The molecule has 0 aliphatic heterocycles. The summed E-state index contributed by atoms with van der Waals surface area (Å²) in [6, 6.07) is 17.2. The molecule has 1 aliphatic carbocycles. The standard InChI is InChI=1S/C26H32ClN2O3.BrH/c1-29(2,16-17-31-23-14-12-22(27)13-15-23)19-24-18-28-25(32-24)26(30,21-10-6-7-11-21)20-8-4-3-5-9-20;/h3-5,8-9,12-15,18,21,30H,6-7,10-11,16-17,19H2,1-2H3;1H/q+1;/p-1. The van der Waals surface area contributed by atoms with E-state index in [0.717, 1.165) is 49.3 Å². The van der Waals surface area contributed by atoms with Crippen LogP contribution in [0.3, 0.4) is 0 Å². The largest absolute Gasteiger partial charge is 1.00 e. The van der Waals surface area contributed by atoms with E-state index in [9.17, 15) is 5.11 Å². The average molecular weight is 536 g/mol. The molecule has 2 aromatic carbocycles. The van der Waals surface area contributed by atoms with Gasteiger partial charge in [0, 0.05) is 10.9 Å². The van der Waals surface area contributed by atoms with Gasteiger partial charge in [-0.15, -0.1) is 0 Å². The number of oxazole rings is 1. The molecule has 1 heterocycles. The first kappa shape index (κ1) is 25.8. The molecule has 7 heteroatoms. The quantitative estimate of drug-likeness (QED) is 0.428. The maximum Gasteiger partial charge on any atom is 0.231 e. The number of rotatable bonds is 9. The van der Waals surface area contributed by atoms with Gasteiger partial charge in [-0.05, 0) is 42.7 Å². The van der Waals surface area contributed by atoms with Gasteiger partial charge in [-0.3, -0.25) is 0 Å². The molecule has 1 N–H and O–H groups in total. The van der Waals surface area contributed by atoms with Gasteiger partial charge in [0.05, 0.1) is 20.3 Å². The molecular formula is C26H32BrClN2O3. The van der Waals surface area contributed by atoms with Crippen molar-refractivity contribution >= 4 is 11.6 Å². The van der Waals surface area contributed by atoms with E-state index < -0.39 is 5.60 Å². The molecule has 1 aromatic heterocycles. The van der Waals surface area contributed by atoms with Gasteiger partial charge in [0.15, 0.2) is 11.4 Å². The van der Waals surface area contributed by atoms with Crippen LogP contribution in [0, 0.1) is 5.92 Å². The van der Waals surface area contributed by atoms with Crippen molar-refractivity contribution in [3.63, 3.8) is 0 Å². The molecule has 0 spiro atoms. The summed E-state index contributed by atoms with van der Waals surface area (Å²) in [6.45, 7) is 2.03. The van der Waals surface area contributed by atoms with Crippen molar-refractivity contribution in [2.24, 2.45) is 5.92 Å². The number of ether oxygens (including phenoxy) is 1. The Kier molecular flexibility index (Phi) is 8.62. The number of hydrogen-bond acceptors (Lipinski definition) is 4. The van der Waals surface area contributed by atoms with Crippen LogP contribution < -0.4 is 21.7 Å². The van der Waals surface area contributed by atoms with Crippen LogP contribution in [-0.2, 0) is 12.1 Å². The molecule has 1 unspecified atom stereocenters. The van der Waals surface area contributed by atoms with Crippen LogP contribution in [0.5, 0.6) is 5.75 Å². The highest BCUT2D eigenvalue weighted by Crippen LogP contribution is 2.44. The molecule has 33 heavy (non-hydrogen) atoms. The van der Waals surface area contributed by atoms with Crippen molar-refractivity contribution in [2.75, 3.05) is 27.2 Å². The van der Waals surface area contributed by atoms with E-state index in [2.05, 4.69) is 19.1 Å². The minimum absolute atomic E-state index is 0. The predicted molar refractivity (Wildman–Crippen MR) is 126 cm³/mol. The summed E-state index contributed by atoms with van der Waals surface area (Å²) < 4.78 is 12.7. The molecule has 1 saturated carbocycles. The molecule has 5 nitrogen and oxygen atoms in total. The zero-order chi connectivity index (χ0) is 22.6. The van der Waals surface area contributed by atoms with E-state index in [1.807, 2.05) is 54.6 Å². The second kappa shape index (κ2) is 11.0. The number of benzene rings is 2. The first-order valence-corrected chi connectivity index (χ1v) is 11.7. The number of aromatic nitrogens is 1. The van der Waals surface area contributed by atoms with Crippen LogP contribution in [0.15, 0.2) is 65.2 Å². The molecule has 4 rings (SSSR count). The first-order chi connectivity index (χ1) is 15.4. The van der Waals surface area contributed by atoms with Crippen molar-refractivity contribution in [1.82, 2.24) is 4.98 Å². The first-order valence-electron chi connectivity index (χ1n) is 11.3. The lowest BCUT2D eigenvalue weighted by Gasteiger charge is -2.32. The molecule has 1 atom stereocenters. The van der Waals surface area contributed by atoms with Gasteiger partial charge in [0.2, 0.25) is 5.89 Å². The van der Waals surface area contributed by atoms with Gasteiger partial charge >= 0.3 is 0 Å². The zero-order valence-electron chi connectivity index (χ0n) is 19.2. The third kappa shape index (κ3) is 6.18. The van der Waals surface area contributed by atoms with Gasteiger partial charge in [0.1, 0.15) is 25.4 Å². The Morgan fingerprint density at radius 2 is 1.76 bits per heavy atom. The van der Waals surface area contributed by atoms with Crippen molar-refractivity contribution in [2.45, 2.75) is 37.8 Å². The number of quaternary nitrogens is 1. The predicted octanol–water partition coefficient (Wildman–Crippen LogP) is 2.41. The minimum atomic E-state index is -1.19. The van der Waals surface area contributed by atoms with Crippen molar-refractivity contribution in [3.05, 3.63) is 83.0 Å². The third-order valence-electron chi connectivity index (χ3n) is 6.40. The highest BCUT2D eigenvalue weighted by molar-refractivity contribution is 6.30. The summed E-state index contributed by atoms with van der Waals surface area (Å²) in [5.74, 6) is 2.10. The maximum atomic E-state index is 11.9. The van der Waals surface area contributed by atoms with E-state index in [-0.39, 0.29) is 22.9 Å². The number of nitrogens with zero attached hydrogens (tertiary/aromatic N) is 2. The molecule has 1 fully saturated rings. The molecule has 0 saturated heterocycles. The summed E-state index contributed by atoms with van der Waals surface area (Å²) in [5.41, 5.74) is -0.337. The smallest absolute Gasteiger partial charge is 0.231 e. The fourth-order valence-electron chi connectivity index (χ4n) is 4.57. The normalized spacial score (nSPS) is 16.2. The van der Waals surface area contributed by atoms with Gasteiger partial charge in [-0.2, -0.15) is 0 Å². The van der Waals surface area contributed by atoms with Crippen LogP contribution in [0.4, 0.5) is 0 Å². The lowest BCUT2D eigenvalue weighted by Crippen LogP contribution is -3.00. The highest BCUT2D eigenvalue weighted by atomic mass is 79.9. The van der Waals surface area contributed by atoms with Crippen molar-refractivity contribution in [3.8, 4) is 5.75 Å². The Labute approximate surface area is 211 Å². The highest BCUT2D eigenvalue weighted by Gasteiger charge is 2.45. The van der Waals surface area contributed by atoms with E-state index in [0.29, 0.717) is 28.5 Å². The Morgan fingerprint density at radius 1 is 1.09 bits per heavy atom. The maximum absolute atomic E-state index is 11.9. The molecule has 178 valence electrons. The fourth-order valence-corrected chi connectivity index (χ4v) is 4.69. The number of likely N-dealkylation sites (N-methyl/N-ethyl adjacent to an activating group) is 1. The summed E-state index contributed by atoms with van der Waals surface area (Å²) >= 11 is 5.93. The second-order valence-electron chi connectivity index (χ2n) is 9.37. The summed E-state index contributed by atoms with van der Waals surface area (Å²) in [6.07, 6.45) is 5.98. The molecule has 0 radical (unpaired) electrons. The Morgan fingerprint density at radius 3 is 2.42 bits per heavy atom. The summed E-state index contributed by atoms with van der Waals surface area (Å²) in [4.78, 5) is 4.56. The molecule has 0 amide bonds. The van der Waals surface area contributed by atoms with Crippen molar-refractivity contribution in [1.29, 1.82) is 0 Å². The van der Waals surface area contributed by atoms with Crippen molar-refractivity contribution < 1.29 is 35.7 Å². The Balaban J connectivity index is 0.00000306. The molecular weight excluding hydrogens is 504 g/mol. The molecule has 3 aromatic rings. The van der Waals surface area contributed by atoms with E-state index in [1.165, 1.54) is 0 Å². The van der Waals surface area contributed by atoms with Gasteiger partial charge in [-0.25, -0.2) is 4.98 Å². The number of halogens is 2. The van der Waals surface area contributed by atoms with Crippen LogP contribution >= 0.6 is 11.6 Å². The Hall–Kier alpha value is -1.86. The number of aliphatic hydroxyl groups is 1.